The minimum Gasteiger partial charge on any atom is -0.367 e. The Balaban J connectivity index is 0.00000180. The van der Waals surface area contributed by atoms with E-state index in [0.29, 0.717) is 13.1 Å². The van der Waals surface area contributed by atoms with Crippen molar-refractivity contribution in [1.82, 2.24) is 4.90 Å². The summed E-state index contributed by atoms with van der Waals surface area (Å²) in [6.07, 6.45) is 0. The lowest BCUT2D eigenvalue weighted by atomic mass is 10.2. The molecule has 2 rings (SSSR count). The quantitative estimate of drug-likeness (QED) is 0.906. The topological polar surface area (TPSA) is 49.6 Å². The van der Waals surface area contributed by atoms with E-state index in [-0.39, 0.29) is 18.3 Å². The van der Waals surface area contributed by atoms with E-state index in [1.807, 2.05) is 29.2 Å². The number of amides is 1. The molecular formula is C13H19Cl2N3O. The van der Waals surface area contributed by atoms with Gasteiger partial charge in [0.1, 0.15) is 0 Å². The fraction of sp³-hybridized carbons (Fsp3) is 0.462. The van der Waals surface area contributed by atoms with Gasteiger partial charge in [0.05, 0.1) is 16.8 Å². The van der Waals surface area contributed by atoms with Gasteiger partial charge in [-0.25, -0.2) is 0 Å². The van der Waals surface area contributed by atoms with E-state index in [2.05, 4.69) is 4.90 Å². The summed E-state index contributed by atoms with van der Waals surface area (Å²) in [5.74, 6) is 0.0220. The second kappa shape index (κ2) is 6.98. The first-order valence-electron chi connectivity index (χ1n) is 6.13. The molecule has 2 N–H and O–H groups in total. The van der Waals surface area contributed by atoms with Gasteiger partial charge in [-0.05, 0) is 19.1 Å². The van der Waals surface area contributed by atoms with Crippen molar-refractivity contribution in [2.45, 2.75) is 13.0 Å². The van der Waals surface area contributed by atoms with E-state index in [4.69, 9.17) is 17.3 Å². The van der Waals surface area contributed by atoms with Gasteiger partial charge < -0.3 is 15.5 Å². The maximum atomic E-state index is 11.8. The molecule has 19 heavy (non-hydrogen) atoms. The molecule has 0 bridgehead atoms. The lowest BCUT2D eigenvalue weighted by Gasteiger charge is -2.37. The van der Waals surface area contributed by atoms with E-state index in [1.165, 1.54) is 0 Å². The summed E-state index contributed by atoms with van der Waals surface area (Å²) >= 11 is 6.16. The zero-order valence-corrected chi connectivity index (χ0v) is 12.5. The minimum absolute atomic E-state index is 0. The zero-order chi connectivity index (χ0) is 13.1. The van der Waals surface area contributed by atoms with E-state index < -0.39 is 6.04 Å². The van der Waals surface area contributed by atoms with Gasteiger partial charge in [-0.1, -0.05) is 23.7 Å². The number of carbonyl (C=O) groups is 1. The van der Waals surface area contributed by atoms with Gasteiger partial charge in [-0.3, -0.25) is 4.79 Å². The minimum atomic E-state index is -0.420. The SMILES string of the molecule is C[C@H](N)C(=O)N1CCN(c2ccccc2Cl)CC1.Cl. The van der Waals surface area contributed by atoms with Crippen molar-refractivity contribution in [2.24, 2.45) is 5.73 Å². The standard InChI is InChI=1S/C13H18ClN3O.ClH/c1-10(15)13(18)17-8-6-16(7-9-17)12-5-3-2-4-11(12)14;/h2-5,10H,6-9,15H2,1H3;1H/t10-;/m0./s1. The van der Waals surface area contributed by atoms with Crippen LogP contribution in [-0.4, -0.2) is 43.0 Å². The predicted octanol–water partition coefficient (Wildman–Crippen LogP) is 1.76. The predicted molar refractivity (Wildman–Crippen MR) is 81.1 cm³/mol. The van der Waals surface area contributed by atoms with Crippen LogP contribution in [0.4, 0.5) is 5.69 Å². The maximum absolute atomic E-state index is 11.8. The van der Waals surface area contributed by atoms with Crippen molar-refractivity contribution in [2.75, 3.05) is 31.1 Å². The van der Waals surface area contributed by atoms with Crippen molar-refractivity contribution < 1.29 is 4.79 Å². The molecule has 0 radical (unpaired) electrons. The van der Waals surface area contributed by atoms with Crippen LogP contribution in [0.15, 0.2) is 24.3 Å². The van der Waals surface area contributed by atoms with Crippen molar-refractivity contribution in [3.05, 3.63) is 29.3 Å². The molecule has 0 unspecified atom stereocenters. The lowest BCUT2D eigenvalue weighted by molar-refractivity contribution is -0.132. The first-order chi connectivity index (χ1) is 8.59. The molecule has 1 aromatic carbocycles. The number of para-hydroxylation sites is 1. The summed E-state index contributed by atoms with van der Waals surface area (Å²) in [4.78, 5) is 15.8. The number of carbonyl (C=O) groups excluding carboxylic acids is 1. The molecule has 1 aliphatic rings. The second-order valence-electron chi connectivity index (χ2n) is 4.55. The van der Waals surface area contributed by atoms with Crippen molar-refractivity contribution in [3.8, 4) is 0 Å². The number of rotatable bonds is 2. The summed E-state index contributed by atoms with van der Waals surface area (Å²) in [6.45, 7) is 4.71. The molecule has 0 aliphatic carbocycles. The van der Waals surface area contributed by atoms with Gasteiger partial charge >= 0.3 is 0 Å². The molecule has 0 aromatic heterocycles. The molecule has 6 heteroatoms. The number of hydrogen-bond donors (Lipinski definition) is 1. The Morgan fingerprint density at radius 1 is 1.26 bits per heavy atom. The van der Waals surface area contributed by atoms with E-state index in [1.54, 1.807) is 6.92 Å². The van der Waals surface area contributed by atoms with Crippen LogP contribution in [0.1, 0.15) is 6.92 Å². The van der Waals surface area contributed by atoms with Gasteiger partial charge in [0.25, 0.3) is 0 Å². The number of hydrogen-bond acceptors (Lipinski definition) is 3. The Bertz CT molecular complexity index is 432. The number of nitrogens with zero attached hydrogens (tertiary/aromatic N) is 2. The number of nitrogens with two attached hydrogens (primary N) is 1. The summed E-state index contributed by atoms with van der Waals surface area (Å²) in [5, 5.41) is 0.754. The van der Waals surface area contributed by atoms with E-state index >= 15 is 0 Å². The van der Waals surface area contributed by atoms with Crippen molar-refractivity contribution in [3.63, 3.8) is 0 Å². The Labute approximate surface area is 124 Å². The van der Waals surface area contributed by atoms with Gasteiger partial charge in [0.15, 0.2) is 0 Å². The van der Waals surface area contributed by atoms with Gasteiger partial charge in [-0.15, -0.1) is 12.4 Å². The molecule has 1 aromatic rings. The highest BCUT2D eigenvalue weighted by molar-refractivity contribution is 6.33. The fourth-order valence-corrected chi connectivity index (χ4v) is 2.42. The number of anilines is 1. The Hall–Kier alpha value is -0.970. The number of piperazine rings is 1. The third-order valence-electron chi connectivity index (χ3n) is 3.17. The highest BCUT2D eigenvalue weighted by Crippen LogP contribution is 2.25. The molecule has 1 fully saturated rings. The van der Waals surface area contributed by atoms with Crippen LogP contribution in [0, 0.1) is 0 Å². The molecule has 1 amide bonds. The zero-order valence-electron chi connectivity index (χ0n) is 10.9. The van der Waals surface area contributed by atoms with Gasteiger partial charge in [0, 0.05) is 26.2 Å². The molecule has 1 atom stereocenters. The highest BCUT2D eigenvalue weighted by Gasteiger charge is 2.23. The van der Waals surface area contributed by atoms with Crippen LogP contribution in [-0.2, 0) is 4.79 Å². The van der Waals surface area contributed by atoms with Crippen LogP contribution >= 0.6 is 24.0 Å². The first-order valence-corrected chi connectivity index (χ1v) is 6.51. The van der Waals surface area contributed by atoms with E-state index in [0.717, 1.165) is 23.8 Å². The second-order valence-corrected chi connectivity index (χ2v) is 4.96. The van der Waals surface area contributed by atoms with Crippen LogP contribution in [0.5, 0.6) is 0 Å². The average molecular weight is 304 g/mol. The Morgan fingerprint density at radius 3 is 2.37 bits per heavy atom. The molecule has 4 nitrogen and oxygen atoms in total. The normalized spacial score (nSPS) is 16.8. The van der Waals surface area contributed by atoms with Gasteiger partial charge in [0.2, 0.25) is 5.91 Å². The van der Waals surface area contributed by atoms with Crippen LogP contribution in [0.3, 0.4) is 0 Å². The largest absolute Gasteiger partial charge is 0.367 e. The summed E-state index contributed by atoms with van der Waals surface area (Å²) < 4.78 is 0. The molecule has 106 valence electrons. The van der Waals surface area contributed by atoms with Crippen LogP contribution in [0.25, 0.3) is 0 Å². The number of benzene rings is 1. The van der Waals surface area contributed by atoms with E-state index in [9.17, 15) is 4.79 Å². The summed E-state index contributed by atoms with van der Waals surface area (Å²) in [6, 6.07) is 7.36. The van der Waals surface area contributed by atoms with Gasteiger partial charge in [-0.2, -0.15) is 0 Å². The Morgan fingerprint density at radius 2 is 1.84 bits per heavy atom. The smallest absolute Gasteiger partial charge is 0.239 e. The molecule has 0 saturated carbocycles. The van der Waals surface area contributed by atoms with Crippen LogP contribution < -0.4 is 10.6 Å². The summed E-state index contributed by atoms with van der Waals surface area (Å²) in [7, 11) is 0. The number of halogens is 2. The third-order valence-corrected chi connectivity index (χ3v) is 3.49. The fourth-order valence-electron chi connectivity index (χ4n) is 2.16. The summed E-state index contributed by atoms with van der Waals surface area (Å²) in [5.41, 5.74) is 6.65. The average Bonchev–Trinajstić information content (AvgIpc) is 2.38. The molecular weight excluding hydrogens is 285 g/mol. The molecule has 1 saturated heterocycles. The van der Waals surface area contributed by atoms with Crippen molar-refractivity contribution >= 4 is 35.6 Å². The molecule has 0 spiro atoms. The van der Waals surface area contributed by atoms with Crippen LogP contribution in [0.2, 0.25) is 5.02 Å². The van der Waals surface area contributed by atoms with Crippen molar-refractivity contribution in [1.29, 1.82) is 0 Å². The monoisotopic (exact) mass is 303 g/mol. The molecule has 1 aliphatic heterocycles. The lowest BCUT2D eigenvalue weighted by Crippen LogP contribution is -2.52. The first kappa shape index (κ1) is 16.1. The third kappa shape index (κ3) is 3.75. The highest BCUT2D eigenvalue weighted by atomic mass is 35.5. The maximum Gasteiger partial charge on any atom is 0.239 e. The Kier molecular flexibility index (Phi) is 5.91. The molecule has 1 heterocycles.